The Morgan fingerprint density at radius 3 is 2.22 bits per heavy atom. The van der Waals surface area contributed by atoms with Crippen LogP contribution in [0.5, 0.6) is 11.5 Å². The summed E-state index contributed by atoms with van der Waals surface area (Å²) in [7, 11) is 3.26. The van der Waals surface area contributed by atoms with Gasteiger partial charge in [-0.25, -0.2) is 0 Å². The molecule has 1 N–H and O–H groups in total. The molecule has 1 aliphatic carbocycles. The molecule has 2 aromatic carbocycles. The molecule has 0 spiro atoms. The first kappa shape index (κ1) is 24.3. The number of ketones is 1. The highest BCUT2D eigenvalue weighted by atomic mass is 16.5. The first-order chi connectivity index (χ1) is 15.4. The van der Waals surface area contributed by atoms with Gasteiger partial charge in [0.25, 0.3) is 0 Å². The molecule has 1 unspecified atom stereocenters. The molecule has 1 atom stereocenters. The number of aliphatic hydroxyl groups excluding tert-OH is 1. The van der Waals surface area contributed by atoms with Gasteiger partial charge in [-0.05, 0) is 81.8 Å². The Morgan fingerprint density at radius 1 is 1.03 bits per heavy atom. The minimum absolute atomic E-state index is 0.109. The number of rotatable bonds is 6. The van der Waals surface area contributed by atoms with Crippen molar-refractivity contribution in [2.75, 3.05) is 27.3 Å². The Hall–Kier alpha value is -2.37. The van der Waals surface area contributed by atoms with Gasteiger partial charge in [-0.15, -0.1) is 0 Å². The lowest BCUT2D eigenvalue weighted by Crippen LogP contribution is -2.34. The number of hydrogen-bond donors (Lipinski definition) is 1. The average Bonchev–Trinajstić information content (AvgIpc) is 3.08. The van der Waals surface area contributed by atoms with Crippen LogP contribution in [0.3, 0.4) is 0 Å². The zero-order chi connectivity index (χ0) is 23.1. The maximum absolute atomic E-state index is 12.9. The average molecular weight is 440 g/mol. The molecule has 0 amide bonds. The van der Waals surface area contributed by atoms with Gasteiger partial charge in [0.2, 0.25) is 0 Å². The summed E-state index contributed by atoms with van der Waals surface area (Å²) < 4.78 is 10.8. The molecule has 2 aromatic rings. The fourth-order valence-electron chi connectivity index (χ4n) is 4.71. The molecule has 2 aliphatic rings. The van der Waals surface area contributed by atoms with Crippen molar-refractivity contribution >= 4 is 5.78 Å². The fraction of sp³-hybridized carbons (Fsp3) is 0.519. The number of carbonyl (C=O) groups excluding carboxylic acids is 1. The number of piperidine rings is 1. The van der Waals surface area contributed by atoms with E-state index >= 15 is 0 Å². The molecule has 5 heteroatoms. The predicted molar refractivity (Wildman–Crippen MR) is 127 cm³/mol. The van der Waals surface area contributed by atoms with E-state index in [1.807, 2.05) is 12.1 Å². The minimum Gasteiger partial charge on any atom is -0.493 e. The molecular formula is C27H37NO4. The summed E-state index contributed by atoms with van der Waals surface area (Å²) in [5.41, 5.74) is 3.31. The quantitative estimate of drug-likeness (QED) is 0.704. The van der Waals surface area contributed by atoms with Crippen molar-refractivity contribution in [1.82, 2.24) is 4.90 Å². The van der Waals surface area contributed by atoms with E-state index in [0.29, 0.717) is 17.4 Å². The molecule has 0 bridgehead atoms. The molecule has 1 heterocycles. The molecule has 1 fully saturated rings. The van der Waals surface area contributed by atoms with Crippen molar-refractivity contribution in [2.24, 2.45) is 11.8 Å². The third-order valence-electron chi connectivity index (χ3n) is 6.29. The van der Waals surface area contributed by atoms with Gasteiger partial charge in [-0.1, -0.05) is 30.3 Å². The van der Waals surface area contributed by atoms with Crippen molar-refractivity contribution in [3.63, 3.8) is 0 Å². The maximum atomic E-state index is 12.9. The highest BCUT2D eigenvalue weighted by Crippen LogP contribution is 2.39. The monoisotopic (exact) mass is 439 g/mol. The first-order valence-corrected chi connectivity index (χ1v) is 11.6. The standard InChI is InChI=1S/C24H29NO3.C3H8O/c1-27-22-14-19-13-20(24(26)21(19)15-23(22)28-2)12-17-8-10-25(11-9-17)16-18-6-4-3-5-7-18;1-3(2)4/h3-7,14-15,17,20H,8-13,16H2,1-2H3;3-4H,1-2H3. The summed E-state index contributed by atoms with van der Waals surface area (Å²) in [4.78, 5) is 15.5. The summed E-state index contributed by atoms with van der Waals surface area (Å²) in [6.45, 7) is 6.71. The second-order valence-corrected chi connectivity index (χ2v) is 9.16. The number of fused-ring (bicyclic) bond motifs is 1. The van der Waals surface area contributed by atoms with E-state index in [2.05, 4.69) is 35.2 Å². The first-order valence-electron chi connectivity index (χ1n) is 11.6. The number of aliphatic hydroxyl groups is 1. The van der Waals surface area contributed by atoms with Crippen molar-refractivity contribution in [3.05, 3.63) is 59.2 Å². The molecule has 0 radical (unpaired) electrons. The van der Waals surface area contributed by atoms with Crippen LogP contribution in [0.4, 0.5) is 0 Å². The molecule has 4 rings (SSSR count). The number of ether oxygens (including phenoxy) is 2. The van der Waals surface area contributed by atoms with Crippen LogP contribution in [-0.4, -0.2) is 49.2 Å². The Labute approximate surface area is 192 Å². The predicted octanol–water partition coefficient (Wildman–Crippen LogP) is 4.75. The van der Waals surface area contributed by atoms with Crippen LogP contribution in [0.2, 0.25) is 0 Å². The van der Waals surface area contributed by atoms with Crippen LogP contribution in [0.25, 0.3) is 0 Å². The van der Waals surface area contributed by atoms with E-state index in [4.69, 9.17) is 14.6 Å². The van der Waals surface area contributed by atoms with Crippen molar-refractivity contribution in [1.29, 1.82) is 0 Å². The molecule has 1 aliphatic heterocycles. The smallest absolute Gasteiger partial charge is 0.166 e. The number of hydrogen-bond acceptors (Lipinski definition) is 5. The fourth-order valence-corrected chi connectivity index (χ4v) is 4.71. The summed E-state index contributed by atoms with van der Waals surface area (Å²) in [5.74, 6) is 2.38. The van der Waals surface area contributed by atoms with Crippen molar-refractivity contribution in [2.45, 2.75) is 52.2 Å². The third-order valence-corrected chi connectivity index (χ3v) is 6.29. The lowest BCUT2D eigenvalue weighted by Gasteiger charge is -2.32. The van der Waals surface area contributed by atoms with E-state index in [9.17, 15) is 4.79 Å². The topological polar surface area (TPSA) is 59.0 Å². The Kier molecular flexibility index (Phi) is 8.71. The van der Waals surface area contributed by atoms with Gasteiger partial charge < -0.3 is 14.6 Å². The Balaban J connectivity index is 0.000000668. The number of methoxy groups -OCH3 is 2. The number of Topliss-reactive ketones (excluding diaryl/α,β-unsaturated/α-hetero) is 1. The van der Waals surface area contributed by atoms with Crippen LogP contribution in [0, 0.1) is 11.8 Å². The molecular weight excluding hydrogens is 402 g/mol. The minimum atomic E-state index is -0.167. The van der Waals surface area contributed by atoms with Crippen LogP contribution < -0.4 is 9.47 Å². The van der Waals surface area contributed by atoms with Gasteiger partial charge in [-0.2, -0.15) is 0 Å². The second kappa shape index (κ2) is 11.5. The summed E-state index contributed by atoms with van der Waals surface area (Å²) in [6.07, 6.45) is 4.02. The summed E-state index contributed by atoms with van der Waals surface area (Å²) in [6, 6.07) is 14.5. The largest absolute Gasteiger partial charge is 0.493 e. The number of carbonyl (C=O) groups is 1. The number of likely N-dealkylation sites (tertiary alicyclic amines) is 1. The molecule has 1 saturated heterocycles. The van der Waals surface area contributed by atoms with E-state index in [-0.39, 0.29) is 17.8 Å². The highest BCUT2D eigenvalue weighted by Gasteiger charge is 2.34. The van der Waals surface area contributed by atoms with Crippen molar-refractivity contribution < 1.29 is 19.4 Å². The van der Waals surface area contributed by atoms with E-state index in [0.717, 1.165) is 43.6 Å². The van der Waals surface area contributed by atoms with E-state index in [1.165, 1.54) is 18.4 Å². The van der Waals surface area contributed by atoms with Gasteiger partial charge >= 0.3 is 0 Å². The van der Waals surface area contributed by atoms with Crippen LogP contribution in [-0.2, 0) is 13.0 Å². The molecule has 0 aromatic heterocycles. The summed E-state index contributed by atoms with van der Waals surface area (Å²) >= 11 is 0. The lowest BCUT2D eigenvalue weighted by molar-refractivity contribution is 0.0895. The van der Waals surface area contributed by atoms with Crippen molar-refractivity contribution in [3.8, 4) is 11.5 Å². The van der Waals surface area contributed by atoms with Gasteiger partial charge in [0.15, 0.2) is 17.3 Å². The maximum Gasteiger partial charge on any atom is 0.166 e. The highest BCUT2D eigenvalue weighted by molar-refractivity contribution is 6.02. The van der Waals surface area contributed by atoms with Crippen LogP contribution in [0.1, 0.15) is 54.6 Å². The lowest BCUT2D eigenvalue weighted by atomic mass is 9.85. The number of nitrogens with zero attached hydrogens (tertiary/aromatic N) is 1. The zero-order valence-corrected chi connectivity index (χ0v) is 19.8. The van der Waals surface area contributed by atoms with Gasteiger partial charge in [0.1, 0.15) is 0 Å². The third kappa shape index (κ3) is 6.33. The SMILES string of the molecule is CC(C)O.COc1cc2c(cc1OC)C(=O)C(CC1CCN(Cc3ccccc3)CC1)C2. The van der Waals surface area contributed by atoms with Crippen LogP contribution >= 0.6 is 0 Å². The summed E-state index contributed by atoms with van der Waals surface area (Å²) in [5, 5.41) is 8.06. The Bertz CT molecular complexity index is 870. The molecule has 0 saturated carbocycles. The van der Waals surface area contributed by atoms with Gasteiger partial charge in [0, 0.05) is 24.1 Å². The van der Waals surface area contributed by atoms with E-state index < -0.39 is 0 Å². The Morgan fingerprint density at radius 2 is 1.62 bits per heavy atom. The van der Waals surface area contributed by atoms with E-state index in [1.54, 1.807) is 28.1 Å². The second-order valence-electron chi connectivity index (χ2n) is 9.16. The van der Waals surface area contributed by atoms with Crippen LogP contribution in [0.15, 0.2) is 42.5 Å². The van der Waals surface area contributed by atoms with Gasteiger partial charge in [0.05, 0.1) is 14.2 Å². The molecule has 5 nitrogen and oxygen atoms in total. The zero-order valence-electron chi connectivity index (χ0n) is 19.8. The molecule has 32 heavy (non-hydrogen) atoms. The normalized spacial score (nSPS) is 18.8. The number of benzene rings is 2. The molecule has 174 valence electrons. The van der Waals surface area contributed by atoms with Gasteiger partial charge in [-0.3, -0.25) is 9.69 Å².